The standard InChI is InChI=1S/C22H29N3O4S2/c1-4-16(2)18-5-7-19(8-6-18)24-22(26)17(3)30-21-10-9-20(15-23-21)31(27,28)25-11-13-29-14-12-25/h5-10,15-17H,4,11-14H2,1-3H3,(H,24,26)/t16-,17-/m0/s1. The number of pyridine rings is 1. The number of thioether (sulfide) groups is 1. The maximum Gasteiger partial charge on any atom is 0.244 e. The van der Waals surface area contributed by atoms with Crippen molar-refractivity contribution in [3.8, 4) is 0 Å². The minimum Gasteiger partial charge on any atom is -0.379 e. The number of sulfonamides is 1. The van der Waals surface area contributed by atoms with E-state index in [2.05, 4.69) is 24.1 Å². The summed E-state index contributed by atoms with van der Waals surface area (Å²) in [6.07, 6.45) is 2.42. The van der Waals surface area contributed by atoms with Crippen LogP contribution in [0.25, 0.3) is 0 Å². The smallest absolute Gasteiger partial charge is 0.244 e. The van der Waals surface area contributed by atoms with Crippen LogP contribution >= 0.6 is 11.8 Å². The van der Waals surface area contributed by atoms with Gasteiger partial charge in [0, 0.05) is 25.0 Å². The molecule has 2 aromatic rings. The normalized spacial score (nSPS) is 17.1. The zero-order valence-electron chi connectivity index (χ0n) is 18.1. The summed E-state index contributed by atoms with van der Waals surface area (Å²) in [6, 6.07) is 11.1. The van der Waals surface area contributed by atoms with E-state index in [1.807, 2.05) is 24.3 Å². The molecule has 1 N–H and O–H groups in total. The summed E-state index contributed by atoms with van der Waals surface area (Å²) in [5.41, 5.74) is 2.00. The lowest BCUT2D eigenvalue weighted by Gasteiger charge is -2.25. The molecule has 0 saturated carbocycles. The van der Waals surface area contributed by atoms with Gasteiger partial charge < -0.3 is 10.1 Å². The number of ether oxygens (including phenoxy) is 1. The molecule has 1 aromatic heterocycles. The van der Waals surface area contributed by atoms with Gasteiger partial charge in [-0.25, -0.2) is 13.4 Å². The van der Waals surface area contributed by atoms with Crippen molar-refractivity contribution < 1.29 is 17.9 Å². The van der Waals surface area contributed by atoms with Gasteiger partial charge >= 0.3 is 0 Å². The molecule has 1 aliphatic rings. The maximum absolute atomic E-state index is 12.7. The number of carbonyl (C=O) groups is 1. The molecule has 7 nitrogen and oxygen atoms in total. The van der Waals surface area contributed by atoms with E-state index in [0.29, 0.717) is 37.2 Å². The Hall–Kier alpha value is -1.94. The first-order valence-corrected chi connectivity index (χ1v) is 12.7. The molecular weight excluding hydrogens is 434 g/mol. The lowest BCUT2D eigenvalue weighted by molar-refractivity contribution is -0.115. The molecule has 168 valence electrons. The van der Waals surface area contributed by atoms with Crippen molar-refractivity contribution in [1.82, 2.24) is 9.29 Å². The zero-order chi connectivity index (χ0) is 22.4. The van der Waals surface area contributed by atoms with E-state index < -0.39 is 10.0 Å². The van der Waals surface area contributed by atoms with Crippen molar-refractivity contribution in [2.45, 2.75) is 48.3 Å². The van der Waals surface area contributed by atoms with E-state index in [1.165, 1.54) is 27.8 Å². The number of carbonyl (C=O) groups excluding carboxylic acids is 1. The van der Waals surface area contributed by atoms with Crippen molar-refractivity contribution in [2.75, 3.05) is 31.6 Å². The Labute approximate surface area is 188 Å². The number of morpholine rings is 1. The topological polar surface area (TPSA) is 88.6 Å². The maximum atomic E-state index is 12.7. The molecule has 1 aromatic carbocycles. The van der Waals surface area contributed by atoms with Gasteiger partial charge in [0.15, 0.2) is 0 Å². The molecular formula is C22H29N3O4S2. The van der Waals surface area contributed by atoms with Gasteiger partial charge in [0.1, 0.15) is 4.90 Å². The van der Waals surface area contributed by atoms with Gasteiger partial charge in [0.25, 0.3) is 0 Å². The fraction of sp³-hybridized carbons (Fsp3) is 0.455. The van der Waals surface area contributed by atoms with E-state index in [9.17, 15) is 13.2 Å². The summed E-state index contributed by atoms with van der Waals surface area (Å²) >= 11 is 1.29. The third-order valence-corrected chi connectivity index (χ3v) is 8.28. The second kappa shape index (κ2) is 10.6. The molecule has 1 fully saturated rings. The summed E-state index contributed by atoms with van der Waals surface area (Å²) in [6.45, 7) is 7.60. The summed E-state index contributed by atoms with van der Waals surface area (Å²) in [7, 11) is -3.57. The number of anilines is 1. The van der Waals surface area contributed by atoms with E-state index in [-0.39, 0.29) is 16.1 Å². The monoisotopic (exact) mass is 463 g/mol. The lowest BCUT2D eigenvalue weighted by Crippen LogP contribution is -2.40. The molecule has 2 atom stereocenters. The van der Waals surface area contributed by atoms with Gasteiger partial charge in [-0.2, -0.15) is 4.31 Å². The van der Waals surface area contributed by atoms with Crippen LogP contribution < -0.4 is 5.32 Å². The minimum atomic E-state index is -3.57. The fourth-order valence-electron chi connectivity index (χ4n) is 3.13. The van der Waals surface area contributed by atoms with Gasteiger partial charge in [-0.05, 0) is 49.1 Å². The highest BCUT2D eigenvalue weighted by Gasteiger charge is 2.26. The minimum absolute atomic E-state index is 0.131. The average molecular weight is 464 g/mol. The van der Waals surface area contributed by atoms with E-state index in [1.54, 1.807) is 19.1 Å². The first-order chi connectivity index (χ1) is 14.8. The Bertz CT molecular complexity index is 973. The first-order valence-electron chi connectivity index (χ1n) is 10.4. The second-order valence-electron chi connectivity index (χ2n) is 7.53. The Balaban J connectivity index is 1.58. The van der Waals surface area contributed by atoms with Crippen molar-refractivity contribution >= 4 is 33.4 Å². The van der Waals surface area contributed by atoms with Gasteiger partial charge in [0.05, 0.1) is 23.5 Å². The van der Waals surface area contributed by atoms with Crippen molar-refractivity contribution in [3.63, 3.8) is 0 Å². The Kier molecular flexibility index (Phi) is 8.10. The zero-order valence-corrected chi connectivity index (χ0v) is 19.7. The van der Waals surface area contributed by atoms with E-state index in [4.69, 9.17) is 4.74 Å². The van der Waals surface area contributed by atoms with Crippen LogP contribution in [-0.4, -0.2) is 55.2 Å². The SMILES string of the molecule is CC[C@H](C)c1ccc(NC(=O)[C@H](C)Sc2ccc(S(=O)(=O)N3CCOCC3)cn2)cc1. The van der Waals surface area contributed by atoms with Gasteiger partial charge in [-0.15, -0.1) is 0 Å². The van der Waals surface area contributed by atoms with E-state index in [0.717, 1.165) is 12.1 Å². The number of rotatable bonds is 8. The van der Waals surface area contributed by atoms with Gasteiger partial charge in [-0.3, -0.25) is 4.79 Å². The second-order valence-corrected chi connectivity index (χ2v) is 10.8. The number of hydrogen-bond donors (Lipinski definition) is 1. The predicted octanol–water partition coefficient (Wildman–Crippen LogP) is 3.74. The molecule has 0 aliphatic carbocycles. The molecule has 2 heterocycles. The number of aromatic nitrogens is 1. The summed E-state index contributed by atoms with van der Waals surface area (Å²) in [5.74, 6) is 0.355. The quantitative estimate of drug-likeness (QED) is 0.600. The number of benzene rings is 1. The van der Waals surface area contributed by atoms with Crippen LogP contribution in [0.15, 0.2) is 52.5 Å². The van der Waals surface area contributed by atoms with Crippen LogP contribution in [0.1, 0.15) is 38.7 Å². The highest BCUT2D eigenvalue weighted by atomic mass is 32.2. The largest absolute Gasteiger partial charge is 0.379 e. The fourth-order valence-corrected chi connectivity index (χ4v) is 5.28. The van der Waals surface area contributed by atoms with E-state index >= 15 is 0 Å². The third kappa shape index (κ3) is 6.06. The number of nitrogens with zero attached hydrogens (tertiary/aromatic N) is 2. The van der Waals surface area contributed by atoms with Crippen LogP contribution in [0.4, 0.5) is 5.69 Å². The molecule has 0 radical (unpaired) electrons. The molecule has 9 heteroatoms. The summed E-state index contributed by atoms with van der Waals surface area (Å²) in [5, 5.41) is 3.13. The molecule has 1 saturated heterocycles. The number of amides is 1. The van der Waals surface area contributed by atoms with Crippen LogP contribution in [0.5, 0.6) is 0 Å². The Morgan fingerprint density at radius 3 is 2.42 bits per heavy atom. The summed E-state index contributed by atoms with van der Waals surface area (Å²) in [4.78, 5) is 17.0. The molecule has 0 bridgehead atoms. The lowest BCUT2D eigenvalue weighted by atomic mass is 9.99. The molecule has 1 amide bonds. The Morgan fingerprint density at radius 2 is 1.84 bits per heavy atom. The third-order valence-electron chi connectivity index (χ3n) is 5.34. The van der Waals surface area contributed by atoms with Crippen LogP contribution in [0, 0.1) is 0 Å². The van der Waals surface area contributed by atoms with Crippen LogP contribution in [-0.2, 0) is 19.6 Å². The molecule has 3 rings (SSSR count). The van der Waals surface area contributed by atoms with Crippen molar-refractivity contribution in [1.29, 1.82) is 0 Å². The molecule has 31 heavy (non-hydrogen) atoms. The molecule has 0 unspecified atom stereocenters. The van der Waals surface area contributed by atoms with Crippen molar-refractivity contribution in [2.24, 2.45) is 0 Å². The van der Waals surface area contributed by atoms with Crippen LogP contribution in [0.3, 0.4) is 0 Å². The Morgan fingerprint density at radius 1 is 1.16 bits per heavy atom. The highest BCUT2D eigenvalue weighted by Crippen LogP contribution is 2.25. The molecule has 0 spiro atoms. The predicted molar refractivity (Wildman–Crippen MR) is 123 cm³/mol. The van der Waals surface area contributed by atoms with Gasteiger partial charge in [-0.1, -0.05) is 37.7 Å². The van der Waals surface area contributed by atoms with Crippen molar-refractivity contribution in [3.05, 3.63) is 48.2 Å². The van der Waals surface area contributed by atoms with Gasteiger partial charge in [0.2, 0.25) is 15.9 Å². The number of hydrogen-bond acceptors (Lipinski definition) is 6. The van der Waals surface area contributed by atoms with Crippen LogP contribution in [0.2, 0.25) is 0 Å². The molecule has 1 aliphatic heterocycles. The number of nitrogens with one attached hydrogen (secondary N) is 1. The first kappa shape index (κ1) is 23.7. The highest BCUT2D eigenvalue weighted by molar-refractivity contribution is 8.00. The summed E-state index contributed by atoms with van der Waals surface area (Å²) < 4.78 is 32.0. The average Bonchev–Trinajstić information content (AvgIpc) is 2.80.